The molecule has 4 fully saturated rings. The van der Waals surface area contributed by atoms with Crippen LogP contribution in [0.15, 0.2) is 36.8 Å². The van der Waals surface area contributed by atoms with Crippen molar-refractivity contribution in [2.75, 3.05) is 32.1 Å². The van der Waals surface area contributed by atoms with Gasteiger partial charge in [0.1, 0.15) is 11.7 Å². The van der Waals surface area contributed by atoms with Crippen LogP contribution in [0.4, 0.5) is 5.69 Å². The minimum Gasteiger partial charge on any atom is -0.360 e. The number of carbonyl (C=O) groups excluding carboxylic acids is 2. The van der Waals surface area contributed by atoms with Crippen molar-refractivity contribution < 1.29 is 14.3 Å². The second-order valence-corrected chi connectivity index (χ2v) is 22.1. The number of hydrogen-bond donors (Lipinski definition) is 1. The minimum atomic E-state index is -1.22. The van der Waals surface area contributed by atoms with Crippen LogP contribution in [-0.4, -0.2) is 82.2 Å². The van der Waals surface area contributed by atoms with E-state index < -0.39 is 19.9 Å². The molecule has 1 aliphatic carbocycles. The Hall–Kier alpha value is -3.19. The quantitative estimate of drug-likeness (QED) is 0.131. The van der Waals surface area contributed by atoms with Crippen LogP contribution in [-0.2, 0) is 26.5 Å². The first-order valence-corrected chi connectivity index (χ1v) is 21.6. The molecule has 8 rings (SSSR count). The fourth-order valence-electron chi connectivity index (χ4n) is 7.81. The van der Waals surface area contributed by atoms with E-state index in [4.69, 9.17) is 9.72 Å². The summed E-state index contributed by atoms with van der Waals surface area (Å²) in [6, 6.07) is 8.05. The van der Waals surface area contributed by atoms with Gasteiger partial charge in [-0.15, -0.1) is 11.3 Å². The highest BCUT2D eigenvalue weighted by molar-refractivity contribution is 7.18. The Balaban J connectivity index is 1.10. The zero-order chi connectivity index (χ0) is 32.9. The highest BCUT2D eigenvalue weighted by atomic mass is 32.1. The molecule has 2 amide bonds. The molecule has 3 aliphatic heterocycles. The number of hydrogen-bond acceptors (Lipinski definition) is 8. The van der Waals surface area contributed by atoms with Crippen LogP contribution < -0.4 is 5.32 Å². The van der Waals surface area contributed by atoms with Gasteiger partial charge in [-0.1, -0.05) is 32.6 Å². The predicted molar refractivity (Wildman–Crippen MR) is 189 cm³/mol. The minimum absolute atomic E-state index is 0.154. The summed E-state index contributed by atoms with van der Waals surface area (Å²) >= 11 is 1.83. The summed E-state index contributed by atoms with van der Waals surface area (Å²) in [7, 11) is 1.03. The molecule has 1 aromatic carbocycles. The van der Waals surface area contributed by atoms with Gasteiger partial charge in [0.05, 0.1) is 39.9 Å². The molecule has 3 aromatic heterocycles. The van der Waals surface area contributed by atoms with Gasteiger partial charge in [-0.3, -0.25) is 14.6 Å². The third kappa shape index (κ3) is 6.49. The standard InChI is InChI=1S/C35H47N7O3SSi/c1-23-6-8-29(24-7-9-30-27(16-24)39-34(46-30)35-12-10-26(11-13-35)40(2)21-35)41(20-23)33(44)32(43)38-28-19-36-17-25-18-37-42(31(25)28)22-45-14-15-47(3,4)5/h7,9,16-19,23,26,29H,6,8,10-15,20-22H2,1-5H3,(H,38,43)/t23-,26?,29+,35?/m0/s1. The third-order valence-corrected chi connectivity index (χ3v) is 13.6. The summed E-state index contributed by atoms with van der Waals surface area (Å²) in [5, 5.41) is 9.38. The molecule has 4 aromatic rings. The van der Waals surface area contributed by atoms with Crippen molar-refractivity contribution in [2.45, 2.75) is 95.4 Å². The second-order valence-electron chi connectivity index (χ2n) is 15.4. The lowest BCUT2D eigenvalue weighted by atomic mass is 9.68. The smallest absolute Gasteiger partial charge is 0.314 e. The maximum Gasteiger partial charge on any atom is 0.314 e. The number of fused-ring (bicyclic) bond motifs is 5. The average molecular weight is 674 g/mol. The first kappa shape index (κ1) is 32.4. The number of thiazole rings is 1. The number of likely N-dealkylation sites (tertiary alicyclic amines) is 1. The summed E-state index contributed by atoms with van der Waals surface area (Å²) in [6.07, 6.45) is 11.7. The topological polar surface area (TPSA) is 105 Å². The summed E-state index contributed by atoms with van der Waals surface area (Å²) in [5.74, 6) is -0.898. The van der Waals surface area contributed by atoms with Gasteiger partial charge in [0, 0.05) is 50.8 Å². The molecule has 47 heavy (non-hydrogen) atoms. The van der Waals surface area contributed by atoms with Crippen molar-refractivity contribution in [1.82, 2.24) is 29.5 Å². The predicted octanol–water partition coefficient (Wildman–Crippen LogP) is 6.42. The van der Waals surface area contributed by atoms with Gasteiger partial charge in [0.2, 0.25) is 0 Å². The Bertz CT molecular complexity index is 1790. The average Bonchev–Trinajstić information content (AvgIpc) is 3.68. The fourth-order valence-corrected chi connectivity index (χ4v) is 9.75. The van der Waals surface area contributed by atoms with Crippen molar-refractivity contribution in [2.24, 2.45) is 5.92 Å². The molecular formula is C35H47N7O3SSi. The number of rotatable bonds is 8. The zero-order valence-electron chi connectivity index (χ0n) is 28.3. The molecule has 10 nitrogen and oxygen atoms in total. The molecule has 2 atom stereocenters. The second kappa shape index (κ2) is 12.7. The Morgan fingerprint density at radius 1 is 1.11 bits per heavy atom. The van der Waals surface area contributed by atoms with Crippen LogP contribution in [0.1, 0.15) is 62.1 Å². The van der Waals surface area contributed by atoms with Crippen molar-refractivity contribution in [3.8, 4) is 0 Å². The lowest BCUT2D eigenvalue weighted by Gasteiger charge is -2.50. The van der Waals surface area contributed by atoms with Gasteiger partial charge >= 0.3 is 11.8 Å². The number of ether oxygens (including phenoxy) is 1. The molecule has 0 unspecified atom stereocenters. The number of piperidine rings is 3. The Morgan fingerprint density at radius 3 is 2.68 bits per heavy atom. The van der Waals surface area contributed by atoms with Crippen molar-refractivity contribution >= 4 is 58.0 Å². The zero-order valence-corrected chi connectivity index (χ0v) is 30.1. The lowest BCUT2D eigenvalue weighted by molar-refractivity contribution is -0.146. The first-order valence-electron chi connectivity index (χ1n) is 17.1. The van der Waals surface area contributed by atoms with E-state index in [0.717, 1.165) is 47.9 Å². The number of amides is 2. The molecule has 0 spiro atoms. The van der Waals surface area contributed by atoms with Gasteiger partial charge < -0.3 is 19.9 Å². The van der Waals surface area contributed by atoms with Crippen LogP contribution in [0.3, 0.4) is 0 Å². The van der Waals surface area contributed by atoms with Crippen LogP contribution in [0.2, 0.25) is 25.7 Å². The molecule has 4 aliphatic rings. The van der Waals surface area contributed by atoms with E-state index in [9.17, 15) is 9.59 Å². The number of anilines is 1. The first-order chi connectivity index (χ1) is 22.5. The highest BCUT2D eigenvalue weighted by Crippen LogP contribution is 2.48. The maximum absolute atomic E-state index is 13.9. The fraction of sp³-hybridized carbons (Fsp3) is 0.571. The monoisotopic (exact) mass is 673 g/mol. The number of pyridine rings is 1. The Morgan fingerprint density at radius 2 is 1.91 bits per heavy atom. The Kier molecular flexibility index (Phi) is 8.73. The van der Waals surface area contributed by atoms with E-state index in [-0.39, 0.29) is 18.2 Å². The number of carbonyl (C=O) groups is 2. The van der Waals surface area contributed by atoms with Crippen LogP contribution in [0.5, 0.6) is 0 Å². The molecular weight excluding hydrogens is 627 g/mol. The number of benzene rings is 1. The summed E-state index contributed by atoms with van der Waals surface area (Å²) < 4.78 is 8.86. The highest BCUT2D eigenvalue weighted by Gasteiger charge is 2.46. The van der Waals surface area contributed by atoms with Crippen LogP contribution in [0, 0.1) is 5.92 Å². The number of likely N-dealkylation sites (N-methyl/N-ethyl adjacent to an activating group) is 1. The molecule has 2 bridgehead atoms. The normalized spacial score (nSPS) is 25.1. The Labute approximate surface area is 281 Å². The van der Waals surface area contributed by atoms with Crippen LogP contribution >= 0.6 is 11.3 Å². The molecule has 6 heterocycles. The number of nitrogens with zero attached hydrogens (tertiary/aromatic N) is 6. The van der Waals surface area contributed by atoms with Gasteiger partial charge in [-0.2, -0.15) is 5.10 Å². The van der Waals surface area contributed by atoms with Crippen molar-refractivity contribution in [3.63, 3.8) is 0 Å². The molecule has 250 valence electrons. The van der Waals surface area contributed by atoms with E-state index in [1.807, 2.05) is 11.3 Å². The largest absolute Gasteiger partial charge is 0.360 e. The van der Waals surface area contributed by atoms with E-state index in [1.165, 1.54) is 35.4 Å². The summed E-state index contributed by atoms with van der Waals surface area (Å²) in [5.41, 5.74) is 3.34. The van der Waals surface area contributed by atoms with E-state index in [0.29, 0.717) is 30.3 Å². The molecule has 12 heteroatoms. The summed E-state index contributed by atoms with van der Waals surface area (Å²) in [6.45, 7) is 11.6. The van der Waals surface area contributed by atoms with E-state index >= 15 is 0 Å². The maximum atomic E-state index is 13.9. The van der Waals surface area contributed by atoms with Gasteiger partial charge in [-0.25, -0.2) is 9.67 Å². The van der Waals surface area contributed by atoms with Gasteiger partial charge in [0.25, 0.3) is 0 Å². The SMILES string of the molecule is C[C@H]1CC[C@H](c2ccc3sc(C45CCC(CC4)N(C)C5)nc3c2)N(C(=O)C(=O)Nc2cncc3cnn(COCC[Si](C)(C)C)c23)C1. The van der Waals surface area contributed by atoms with Gasteiger partial charge in [-0.05, 0) is 75.2 Å². The summed E-state index contributed by atoms with van der Waals surface area (Å²) in [4.78, 5) is 41.4. The van der Waals surface area contributed by atoms with E-state index in [2.05, 4.69) is 72.1 Å². The molecule has 1 N–H and O–H groups in total. The molecule has 0 radical (unpaired) electrons. The van der Waals surface area contributed by atoms with E-state index in [1.54, 1.807) is 28.2 Å². The molecule has 3 saturated heterocycles. The number of nitrogens with one attached hydrogen (secondary N) is 1. The van der Waals surface area contributed by atoms with Gasteiger partial charge in [0.15, 0.2) is 0 Å². The van der Waals surface area contributed by atoms with Crippen molar-refractivity contribution in [3.05, 3.63) is 47.4 Å². The lowest BCUT2D eigenvalue weighted by Crippen LogP contribution is -2.54. The van der Waals surface area contributed by atoms with Crippen LogP contribution in [0.25, 0.3) is 21.1 Å². The van der Waals surface area contributed by atoms with Crippen molar-refractivity contribution in [1.29, 1.82) is 0 Å². The third-order valence-electron chi connectivity index (χ3n) is 10.6. The molecule has 1 saturated carbocycles. The number of aromatic nitrogens is 4.